The van der Waals surface area contributed by atoms with Crippen molar-refractivity contribution >= 4 is 12.0 Å². The molecule has 0 radical (unpaired) electrons. The quantitative estimate of drug-likeness (QED) is 0.781. The van der Waals surface area contributed by atoms with E-state index in [1.807, 2.05) is 14.0 Å². The van der Waals surface area contributed by atoms with Gasteiger partial charge in [-0.05, 0) is 32.9 Å². The van der Waals surface area contributed by atoms with Crippen LogP contribution in [0, 0.1) is 0 Å². The molecule has 0 spiro atoms. The number of carboxylic acids is 1. The molecule has 0 saturated carbocycles. The van der Waals surface area contributed by atoms with Gasteiger partial charge in [0.15, 0.2) is 0 Å². The number of carbonyl (C=O) groups excluding carboxylic acids is 1. The van der Waals surface area contributed by atoms with Crippen LogP contribution in [0.25, 0.3) is 0 Å². The van der Waals surface area contributed by atoms with Gasteiger partial charge in [0.05, 0.1) is 0 Å². The fraction of sp³-hybridized carbons (Fsp3) is 0.846. The van der Waals surface area contributed by atoms with Gasteiger partial charge in [-0.15, -0.1) is 0 Å². The molecule has 2 amide bonds. The van der Waals surface area contributed by atoms with E-state index in [2.05, 4.69) is 10.2 Å². The number of aliphatic carboxylic acids is 1. The molecule has 1 fully saturated rings. The van der Waals surface area contributed by atoms with Gasteiger partial charge in [-0.2, -0.15) is 0 Å². The molecule has 6 nitrogen and oxygen atoms in total. The van der Waals surface area contributed by atoms with Crippen LogP contribution in [0.4, 0.5) is 4.79 Å². The number of piperidine rings is 1. The molecule has 0 aliphatic carbocycles. The zero-order valence-electron chi connectivity index (χ0n) is 12.1. The first kappa shape index (κ1) is 15.8. The van der Waals surface area contributed by atoms with Crippen LogP contribution in [0.15, 0.2) is 0 Å². The number of likely N-dealkylation sites (tertiary alicyclic amines) is 1. The third kappa shape index (κ3) is 4.70. The number of carboxylic acid groups (broad SMARTS) is 1. The van der Waals surface area contributed by atoms with E-state index < -0.39 is 12.0 Å². The summed E-state index contributed by atoms with van der Waals surface area (Å²) >= 11 is 0. The highest BCUT2D eigenvalue weighted by Crippen LogP contribution is 2.13. The first-order valence-corrected chi connectivity index (χ1v) is 6.90. The molecule has 0 bridgehead atoms. The average Bonchev–Trinajstić information content (AvgIpc) is 2.37. The van der Waals surface area contributed by atoms with E-state index in [0.717, 1.165) is 32.4 Å². The van der Waals surface area contributed by atoms with Crippen molar-refractivity contribution in [2.75, 3.05) is 27.2 Å². The Bertz CT molecular complexity index is 322. The number of nitrogens with one attached hydrogen (secondary N) is 1. The van der Waals surface area contributed by atoms with Crippen molar-refractivity contribution < 1.29 is 14.7 Å². The fourth-order valence-electron chi connectivity index (χ4n) is 2.42. The Labute approximate surface area is 114 Å². The summed E-state index contributed by atoms with van der Waals surface area (Å²) in [5, 5.41) is 11.6. The Kier molecular flexibility index (Phi) is 6.08. The maximum Gasteiger partial charge on any atom is 0.326 e. The molecule has 6 heteroatoms. The van der Waals surface area contributed by atoms with Gasteiger partial charge in [-0.25, -0.2) is 9.59 Å². The predicted molar refractivity (Wildman–Crippen MR) is 73.1 cm³/mol. The second kappa shape index (κ2) is 7.33. The van der Waals surface area contributed by atoms with Crippen molar-refractivity contribution in [3.05, 3.63) is 0 Å². The highest BCUT2D eigenvalue weighted by Gasteiger charge is 2.27. The lowest BCUT2D eigenvalue weighted by molar-refractivity contribution is -0.139. The normalized spacial score (nSPS) is 21.7. The molecule has 1 aliphatic rings. The van der Waals surface area contributed by atoms with Gasteiger partial charge < -0.3 is 20.2 Å². The number of likely N-dealkylation sites (N-methyl/N-ethyl adjacent to an activating group) is 2. The number of nitrogens with zero attached hydrogens (tertiary/aromatic N) is 2. The van der Waals surface area contributed by atoms with E-state index >= 15 is 0 Å². The van der Waals surface area contributed by atoms with Crippen LogP contribution in [0.1, 0.15) is 32.6 Å². The molecule has 0 aromatic rings. The topological polar surface area (TPSA) is 72.9 Å². The standard InChI is InChI=1S/C13H25N3O3/c1-4-6-11(12(17)18)14-13(19)16(3)10-7-5-8-15(2)9-10/h10-11H,4-9H2,1-3H3,(H,14,19)(H,17,18)/t10?,11-/m0/s1. The van der Waals surface area contributed by atoms with Gasteiger partial charge in [0.2, 0.25) is 0 Å². The van der Waals surface area contributed by atoms with Crippen molar-refractivity contribution in [2.45, 2.75) is 44.7 Å². The number of urea groups is 1. The second-order valence-electron chi connectivity index (χ2n) is 5.30. The van der Waals surface area contributed by atoms with Crippen LogP contribution >= 0.6 is 0 Å². The number of hydrogen-bond acceptors (Lipinski definition) is 3. The molecule has 1 heterocycles. The van der Waals surface area contributed by atoms with Crippen LogP contribution in [-0.4, -0.2) is 66.2 Å². The molecule has 2 N–H and O–H groups in total. The predicted octanol–water partition coefficient (Wildman–Crippen LogP) is 0.975. The lowest BCUT2D eigenvalue weighted by Crippen LogP contribution is -2.53. The number of rotatable bonds is 5. The zero-order valence-corrected chi connectivity index (χ0v) is 12.1. The van der Waals surface area contributed by atoms with Crippen LogP contribution in [0.3, 0.4) is 0 Å². The molecule has 19 heavy (non-hydrogen) atoms. The minimum atomic E-state index is -0.968. The number of carbonyl (C=O) groups is 2. The van der Waals surface area contributed by atoms with Crippen LogP contribution in [0.2, 0.25) is 0 Å². The smallest absolute Gasteiger partial charge is 0.326 e. The lowest BCUT2D eigenvalue weighted by Gasteiger charge is -2.36. The molecule has 1 unspecified atom stereocenters. The molecular weight excluding hydrogens is 246 g/mol. The second-order valence-corrected chi connectivity index (χ2v) is 5.30. The van der Waals surface area contributed by atoms with Crippen LogP contribution < -0.4 is 5.32 Å². The first-order valence-electron chi connectivity index (χ1n) is 6.90. The van der Waals surface area contributed by atoms with Gasteiger partial charge in [0.25, 0.3) is 0 Å². The zero-order chi connectivity index (χ0) is 14.4. The van der Waals surface area contributed by atoms with E-state index in [1.165, 1.54) is 0 Å². The van der Waals surface area contributed by atoms with Gasteiger partial charge in [-0.1, -0.05) is 13.3 Å². The summed E-state index contributed by atoms with van der Waals surface area (Å²) in [7, 11) is 3.78. The monoisotopic (exact) mass is 271 g/mol. The molecule has 0 aromatic heterocycles. The Morgan fingerprint density at radius 3 is 2.74 bits per heavy atom. The first-order chi connectivity index (χ1) is 8.95. The largest absolute Gasteiger partial charge is 0.480 e. The van der Waals surface area contributed by atoms with E-state index in [1.54, 1.807) is 11.9 Å². The minimum Gasteiger partial charge on any atom is -0.480 e. The van der Waals surface area contributed by atoms with Gasteiger partial charge in [0, 0.05) is 19.6 Å². The van der Waals surface area contributed by atoms with Gasteiger partial charge in [-0.3, -0.25) is 0 Å². The Balaban J connectivity index is 2.53. The molecule has 1 saturated heterocycles. The van der Waals surface area contributed by atoms with Gasteiger partial charge in [0.1, 0.15) is 6.04 Å². The highest BCUT2D eigenvalue weighted by molar-refractivity contribution is 5.82. The molecular formula is C13H25N3O3. The number of hydrogen-bond donors (Lipinski definition) is 2. The Morgan fingerprint density at radius 2 is 2.21 bits per heavy atom. The molecule has 0 aromatic carbocycles. The highest BCUT2D eigenvalue weighted by atomic mass is 16.4. The Morgan fingerprint density at radius 1 is 1.53 bits per heavy atom. The molecule has 2 atom stereocenters. The molecule has 1 rings (SSSR count). The third-order valence-corrected chi connectivity index (χ3v) is 3.64. The summed E-state index contributed by atoms with van der Waals surface area (Å²) in [6.45, 7) is 3.80. The summed E-state index contributed by atoms with van der Waals surface area (Å²) in [6.07, 6.45) is 3.22. The summed E-state index contributed by atoms with van der Waals surface area (Å²) in [6, 6.07) is -0.919. The van der Waals surface area contributed by atoms with Crippen LogP contribution in [-0.2, 0) is 4.79 Å². The van der Waals surface area contributed by atoms with Crippen molar-refractivity contribution in [3.8, 4) is 0 Å². The lowest BCUT2D eigenvalue weighted by atomic mass is 10.1. The molecule has 1 aliphatic heterocycles. The van der Waals surface area contributed by atoms with E-state index in [-0.39, 0.29) is 12.1 Å². The number of amides is 2. The fourth-order valence-corrected chi connectivity index (χ4v) is 2.42. The maximum absolute atomic E-state index is 12.1. The van der Waals surface area contributed by atoms with Crippen molar-refractivity contribution in [3.63, 3.8) is 0 Å². The molecule has 110 valence electrons. The summed E-state index contributed by atoms with van der Waals surface area (Å²) in [4.78, 5) is 26.9. The van der Waals surface area contributed by atoms with Crippen LogP contribution in [0.5, 0.6) is 0 Å². The third-order valence-electron chi connectivity index (χ3n) is 3.64. The van der Waals surface area contributed by atoms with E-state index in [0.29, 0.717) is 6.42 Å². The summed E-state index contributed by atoms with van der Waals surface area (Å²) < 4.78 is 0. The SMILES string of the molecule is CCC[C@H](NC(=O)N(C)C1CCCN(C)C1)C(=O)O. The Hall–Kier alpha value is -1.30. The van der Waals surface area contributed by atoms with Crippen molar-refractivity contribution in [2.24, 2.45) is 0 Å². The van der Waals surface area contributed by atoms with E-state index in [9.17, 15) is 9.59 Å². The van der Waals surface area contributed by atoms with Crippen molar-refractivity contribution in [1.82, 2.24) is 15.1 Å². The summed E-state index contributed by atoms with van der Waals surface area (Å²) in [5.41, 5.74) is 0. The summed E-state index contributed by atoms with van der Waals surface area (Å²) in [5.74, 6) is -0.968. The van der Waals surface area contributed by atoms with Gasteiger partial charge >= 0.3 is 12.0 Å². The van der Waals surface area contributed by atoms with Crippen molar-refractivity contribution in [1.29, 1.82) is 0 Å². The average molecular weight is 271 g/mol. The minimum absolute atomic E-state index is 0.162. The maximum atomic E-state index is 12.1. The van der Waals surface area contributed by atoms with E-state index in [4.69, 9.17) is 5.11 Å².